The summed E-state index contributed by atoms with van der Waals surface area (Å²) in [5, 5.41) is 9.27. The summed E-state index contributed by atoms with van der Waals surface area (Å²) in [5.74, 6) is 1.18. The first-order valence-electron chi connectivity index (χ1n) is 8.57. The number of aromatic nitrogens is 2. The summed E-state index contributed by atoms with van der Waals surface area (Å²) in [7, 11) is 0. The molecule has 1 amide bonds. The van der Waals surface area contributed by atoms with Crippen LogP contribution in [0.3, 0.4) is 0 Å². The number of amides is 1. The van der Waals surface area contributed by atoms with E-state index in [1.54, 1.807) is 0 Å². The third kappa shape index (κ3) is 5.40. The summed E-state index contributed by atoms with van der Waals surface area (Å²) in [4.78, 5) is 21.1. The molecule has 0 aliphatic heterocycles. The van der Waals surface area contributed by atoms with E-state index in [0.29, 0.717) is 17.3 Å². The molecule has 3 N–H and O–H groups in total. The smallest absolute Gasteiger partial charge is 0.255 e. The van der Waals surface area contributed by atoms with E-state index in [0.717, 1.165) is 27.2 Å². The molecule has 7 heteroatoms. The number of nitrogens with one attached hydrogen (secondary N) is 3. The van der Waals surface area contributed by atoms with Crippen LogP contribution >= 0.6 is 22.6 Å². The number of halogens is 1. The topological polar surface area (TPSA) is 78.9 Å². The van der Waals surface area contributed by atoms with Crippen LogP contribution in [-0.2, 0) is 0 Å². The molecule has 0 spiro atoms. The second kappa shape index (κ2) is 8.81. The minimum Gasteiger partial charge on any atom is -0.354 e. The second-order valence-electron chi connectivity index (χ2n) is 5.91. The zero-order valence-electron chi connectivity index (χ0n) is 15.1. The van der Waals surface area contributed by atoms with Crippen LogP contribution in [0.25, 0.3) is 0 Å². The van der Waals surface area contributed by atoms with E-state index in [2.05, 4.69) is 48.5 Å². The Balaban J connectivity index is 1.67. The van der Waals surface area contributed by atoms with E-state index >= 15 is 0 Å². The summed E-state index contributed by atoms with van der Waals surface area (Å²) in [5.41, 5.74) is 3.12. The zero-order chi connectivity index (χ0) is 19.2. The Labute approximate surface area is 172 Å². The standard InChI is InChI=1S/C20H20IN5O/c1-3-22-20-23-13(2)12-18(26-20)24-16-8-10-17(11-9-16)25-19(27)14-4-6-15(21)7-5-14/h4-12H,3H2,1-2H3,(H,25,27)(H2,22,23,24,26). The van der Waals surface area contributed by atoms with Crippen LogP contribution in [0.5, 0.6) is 0 Å². The van der Waals surface area contributed by atoms with Crippen LogP contribution in [0.1, 0.15) is 23.0 Å². The van der Waals surface area contributed by atoms with Gasteiger partial charge in [0.25, 0.3) is 5.91 Å². The SMILES string of the molecule is CCNc1nc(C)cc(Nc2ccc(NC(=O)c3ccc(I)cc3)cc2)n1. The Morgan fingerprint density at radius 3 is 2.33 bits per heavy atom. The molecule has 0 radical (unpaired) electrons. The molecule has 0 unspecified atom stereocenters. The monoisotopic (exact) mass is 473 g/mol. The van der Waals surface area contributed by atoms with Gasteiger partial charge in [-0.25, -0.2) is 4.98 Å². The summed E-state index contributed by atoms with van der Waals surface area (Å²) in [6.45, 7) is 4.69. The molecule has 3 aromatic rings. The average Bonchev–Trinajstić information content (AvgIpc) is 2.64. The number of anilines is 4. The molecule has 6 nitrogen and oxygen atoms in total. The number of hydrogen-bond donors (Lipinski definition) is 3. The molecule has 0 saturated carbocycles. The van der Waals surface area contributed by atoms with Gasteiger partial charge in [0.15, 0.2) is 0 Å². The predicted molar refractivity (Wildman–Crippen MR) is 118 cm³/mol. The van der Waals surface area contributed by atoms with Crippen molar-refractivity contribution in [2.24, 2.45) is 0 Å². The van der Waals surface area contributed by atoms with Crippen molar-refractivity contribution >= 4 is 51.6 Å². The van der Waals surface area contributed by atoms with Gasteiger partial charge in [0, 0.05) is 38.8 Å². The third-order valence-electron chi connectivity index (χ3n) is 3.71. The van der Waals surface area contributed by atoms with Crippen LogP contribution in [0.4, 0.5) is 23.1 Å². The van der Waals surface area contributed by atoms with E-state index in [-0.39, 0.29) is 5.91 Å². The fourth-order valence-electron chi connectivity index (χ4n) is 2.46. The maximum atomic E-state index is 12.3. The maximum absolute atomic E-state index is 12.3. The number of carbonyl (C=O) groups excluding carboxylic acids is 1. The van der Waals surface area contributed by atoms with Gasteiger partial charge >= 0.3 is 0 Å². The van der Waals surface area contributed by atoms with Crippen molar-refractivity contribution in [2.45, 2.75) is 13.8 Å². The van der Waals surface area contributed by atoms with Gasteiger partial charge in [0.2, 0.25) is 5.95 Å². The highest BCUT2D eigenvalue weighted by molar-refractivity contribution is 14.1. The molecule has 0 fully saturated rings. The van der Waals surface area contributed by atoms with Gasteiger partial charge in [-0.15, -0.1) is 0 Å². The fraction of sp³-hybridized carbons (Fsp3) is 0.150. The lowest BCUT2D eigenvalue weighted by Gasteiger charge is -2.10. The second-order valence-corrected chi connectivity index (χ2v) is 7.16. The Hall–Kier alpha value is -2.68. The number of nitrogens with zero attached hydrogens (tertiary/aromatic N) is 2. The van der Waals surface area contributed by atoms with Gasteiger partial charge in [0.05, 0.1) is 0 Å². The molecule has 0 atom stereocenters. The van der Waals surface area contributed by atoms with Crippen LogP contribution < -0.4 is 16.0 Å². The van der Waals surface area contributed by atoms with Crippen LogP contribution in [0.15, 0.2) is 54.6 Å². The molecule has 138 valence electrons. The highest BCUT2D eigenvalue weighted by Gasteiger charge is 2.06. The third-order valence-corrected chi connectivity index (χ3v) is 4.43. The van der Waals surface area contributed by atoms with Gasteiger partial charge < -0.3 is 16.0 Å². The van der Waals surface area contributed by atoms with Gasteiger partial charge in [-0.2, -0.15) is 4.98 Å². The lowest BCUT2D eigenvalue weighted by Crippen LogP contribution is -2.11. The lowest BCUT2D eigenvalue weighted by molar-refractivity contribution is 0.102. The molecular weight excluding hydrogens is 453 g/mol. The minimum atomic E-state index is -0.131. The molecular formula is C20H20IN5O. The Morgan fingerprint density at radius 1 is 1.00 bits per heavy atom. The molecule has 0 bridgehead atoms. The van der Waals surface area contributed by atoms with Crippen molar-refractivity contribution in [1.82, 2.24) is 9.97 Å². The summed E-state index contributed by atoms with van der Waals surface area (Å²) in [6, 6.07) is 16.8. The molecule has 0 aliphatic carbocycles. The van der Waals surface area contributed by atoms with Crippen LogP contribution in [-0.4, -0.2) is 22.4 Å². The average molecular weight is 473 g/mol. The first-order valence-corrected chi connectivity index (χ1v) is 9.65. The Kier molecular flexibility index (Phi) is 6.23. The first-order chi connectivity index (χ1) is 13.0. The quantitative estimate of drug-likeness (QED) is 0.448. The molecule has 2 aromatic carbocycles. The molecule has 1 aromatic heterocycles. The van der Waals surface area contributed by atoms with E-state index in [1.807, 2.05) is 68.4 Å². The zero-order valence-corrected chi connectivity index (χ0v) is 17.2. The highest BCUT2D eigenvalue weighted by atomic mass is 127. The number of aryl methyl sites for hydroxylation is 1. The van der Waals surface area contributed by atoms with Gasteiger partial charge in [-0.05, 0) is 85.0 Å². The van der Waals surface area contributed by atoms with E-state index < -0.39 is 0 Å². The normalized spacial score (nSPS) is 10.3. The largest absolute Gasteiger partial charge is 0.354 e. The maximum Gasteiger partial charge on any atom is 0.255 e. The van der Waals surface area contributed by atoms with Gasteiger partial charge in [-0.3, -0.25) is 4.79 Å². The van der Waals surface area contributed by atoms with Crippen molar-refractivity contribution in [3.05, 3.63) is 69.4 Å². The van der Waals surface area contributed by atoms with Crippen LogP contribution in [0.2, 0.25) is 0 Å². The van der Waals surface area contributed by atoms with Gasteiger partial charge in [0.1, 0.15) is 5.82 Å². The van der Waals surface area contributed by atoms with E-state index in [9.17, 15) is 4.79 Å². The number of hydrogen-bond acceptors (Lipinski definition) is 5. The molecule has 1 heterocycles. The van der Waals surface area contributed by atoms with Crippen LogP contribution in [0, 0.1) is 10.5 Å². The minimum absolute atomic E-state index is 0.131. The summed E-state index contributed by atoms with van der Waals surface area (Å²) >= 11 is 2.21. The summed E-state index contributed by atoms with van der Waals surface area (Å²) in [6.07, 6.45) is 0. The van der Waals surface area contributed by atoms with Crippen molar-refractivity contribution in [3.63, 3.8) is 0 Å². The lowest BCUT2D eigenvalue weighted by atomic mass is 10.2. The van der Waals surface area contributed by atoms with E-state index in [1.165, 1.54) is 0 Å². The number of carbonyl (C=O) groups is 1. The summed E-state index contributed by atoms with van der Waals surface area (Å²) < 4.78 is 1.09. The molecule has 3 rings (SSSR count). The van der Waals surface area contributed by atoms with E-state index in [4.69, 9.17) is 0 Å². The predicted octanol–water partition coefficient (Wildman–Crippen LogP) is 4.82. The Morgan fingerprint density at radius 2 is 1.67 bits per heavy atom. The van der Waals surface area contributed by atoms with Gasteiger partial charge in [-0.1, -0.05) is 0 Å². The Bertz CT molecular complexity index is 926. The number of rotatable bonds is 6. The highest BCUT2D eigenvalue weighted by Crippen LogP contribution is 2.20. The first kappa shape index (κ1) is 19.1. The fourth-order valence-corrected chi connectivity index (χ4v) is 2.82. The number of benzene rings is 2. The van der Waals surface area contributed by atoms with Crippen molar-refractivity contribution in [2.75, 3.05) is 22.5 Å². The van der Waals surface area contributed by atoms with Crippen molar-refractivity contribution in [3.8, 4) is 0 Å². The van der Waals surface area contributed by atoms with Crippen molar-refractivity contribution < 1.29 is 4.79 Å². The molecule has 27 heavy (non-hydrogen) atoms. The molecule has 0 aliphatic rings. The molecule has 0 saturated heterocycles. The van der Waals surface area contributed by atoms with Crippen molar-refractivity contribution in [1.29, 1.82) is 0 Å².